The lowest BCUT2D eigenvalue weighted by Gasteiger charge is -2.34. The van der Waals surface area contributed by atoms with E-state index in [-0.39, 0.29) is 0 Å². The van der Waals surface area contributed by atoms with E-state index >= 15 is 0 Å². The summed E-state index contributed by atoms with van der Waals surface area (Å²) >= 11 is 0. The average Bonchev–Trinajstić information content (AvgIpc) is 2.75. The van der Waals surface area contributed by atoms with Crippen molar-refractivity contribution in [2.75, 3.05) is 36.4 Å². The van der Waals surface area contributed by atoms with E-state index in [1.54, 1.807) is 12.1 Å². The molecule has 1 aromatic heterocycles. The lowest BCUT2D eigenvalue weighted by Crippen LogP contribution is -2.49. The van der Waals surface area contributed by atoms with Gasteiger partial charge in [0.1, 0.15) is 5.82 Å². The second-order valence-corrected chi connectivity index (χ2v) is 9.83. The molecule has 4 rings (SSSR count). The highest BCUT2D eigenvalue weighted by molar-refractivity contribution is 7.89. The van der Waals surface area contributed by atoms with E-state index in [1.807, 2.05) is 61.2 Å². The summed E-state index contributed by atoms with van der Waals surface area (Å²) in [6, 6.07) is 17.0. The Bertz CT molecular complexity index is 1150. The fourth-order valence-corrected chi connectivity index (χ4v) is 4.95. The fraction of sp³-hybridized carbons (Fsp3) is 0.304. The SMILES string of the molecule is Cc1ccc(Nc2cc(C)nc(N3CCN(S(=O)(=O)c4ccc(C)cc4)CC3)n2)cc1. The van der Waals surface area contributed by atoms with Crippen LogP contribution >= 0.6 is 0 Å². The van der Waals surface area contributed by atoms with Crippen LogP contribution in [0.1, 0.15) is 16.8 Å². The largest absolute Gasteiger partial charge is 0.340 e. The number of hydrogen-bond donors (Lipinski definition) is 1. The topological polar surface area (TPSA) is 78.4 Å². The number of rotatable bonds is 5. The molecular weight excluding hydrogens is 410 g/mol. The number of sulfonamides is 1. The van der Waals surface area contributed by atoms with Crippen molar-refractivity contribution in [2.45, 2.75) is 25.7 Å². The van der Waals surface area contributed by atoms with Crippen LogP contribution in [0.4, 0.5) is 17.5 Å². The monoisotopic (exact) mass is 437 g/mol. The summed E-state index contributed by atoms with van der Waals surface area (Å²) in [6.45, 7) is 7.80. The van der Waals surface area contributed by atoms with Crippen LogP contribution in [0.3, 0.4) is 0 Å². The Balaban J connectivity index is 1.46. The zero-order valence-corrected chi connectivity index (χ0v) is 18.9. The molecule has 3 aromatic rings. The van der Waals surface area contributed by atoms with Crippen LogP contribution in [-0.4, -0.2) is 48.9 Å². The minimum atomic E-state index is -3.49. The maximum absolute atomic E-state index is 12.9. The number of nitrogens with zero attached hydrogens (tertiary/aromatic N) is 4. The fourth-order valence-electron chi connectivity index (χ4n) is 3.53. The quantitative estimate of drug-likeness (QED) is 0.656. The number of aryl methyl sites for hydroxylation is 3. The van der Waals surface area contributed by atoms with E-state index in [9.17, 15) is 8.42 Å². The van der Waals surface area contributed by atoms with Gasteiger partial charge in [-0.05, 0) is 45.0 Å². The van der Waals surface area contributed by atoms with Crippen molar-refractivity contribution < 1.29 is 8.42 Å². The molecule has 0 saturated carbocycles. The van der Waals surface area contributed by atoms with Crippen LogP contribution in [0.15, 0.2) is 59.5 Å². The maximum atomic E-state index is 12.9. The van der Waals surface area contributed by atoms with Gasteiger partial charge in [0.25, 0.3) is 0 Å². The first-order chi connectivity index (χ1) is 14.8. The highest BCUT2D eigenvalue weighted by atomic mass is 32.2. The van der Waals surface area contributed by atoms with Gasteiger partial charge in [-0.3, -0.25) is 0 Å². The molecule has 0 radical (unpaired) electrons. The molecule has 1 fully saturated rings. The van der Waals surface area contributed by atoms with Crippen molar-refractivity contribution in [3.8, 4) is 0 Å². The molecule has 8 heteroatoms. The number of nitrogens with one attached hydrogen (secondary N) is 1. The summed E-state index contributed by atoms with van der Waals surface area (Å²) < 4.78 is 27.4. The summed E-state index contributed by atoms with van der Waals surface area (Å²) in [5.41, 5.74) is 4.05. The second kappa shape index (κ2) is 8.64. The van der Waals surface area contributed by atoms with Gasteiger partial charge in [-0.15, -0.1) is 0 Å². The van der Waals surface area contributed by atoms with Gasteiger partial charge < -0.3 is 10.2 Å². The highest BCUT2D eigenvalue weighted by Crippen LogP contribution is 2.22. The standard InChI is InChI=1S/C23H27N5O2S/c1-17-4-8-20(9-5-17)25-22-16-19(3)24-23(26-22)27-12-14-28(15-13-27)31(29,30)21-10-6-18(2)7-11-21/h4-11,16H,12-15H2,1-3H3,(H,24,25,26). The van der Waals surface area contributed by atoms with Crippen molar-refractivity contribution in [3.05, 3.63) is 71.4 Å². The molecule has 1 aliphatic rings. The van der Waals surface area contributed by atoms with Gasteiger partial charge in [-0.1, -0.05) is 35.4 Å². The molecule has 0 amide bonds. The molecule has 0 unspecified atom stereocenters. The first-order valence-corrected chi connectivity index (χ1v) is 11.8. The Kier molecular flexibility index (Phi) is 5.93. The van der Waals surface area contributed by atoms with Crippen molar-refractivity contribution in [1.29, 1.82) is 0 Å². The van der Waals surface area contributed by atoms with Gasteiger partial charge in [0, 0.05) is 43.6 Å². The number of anilines is 3. The van der Waals surface area contributed by atoms with Crippen LogP contribution < -0.4 is 10.2 Å². The van der Waals surface area contributed by atoms with E-state index in [0.29, 0.717) is 37.0 Å². The summed E-state index contributed by atoms with van der Waals surface area (Å²) in [4.78, 5) is 11.6. The number of hydrogen-bond acceptors (Lipinski definition) is 6. The van der Waals surface area contributed by atoms with Crippen LogP contribution in [0.25, 0.3) is 0 Å². The van der Waals surface area contributed by atoms with Crippen LogP contribution in [-0.2, 0) is 10.0 Å². The zero-order chi connectivity index (χ0) is 22.0. The van der Waals surface area contributed by atoms with Gasteiger partial charge in [-0.2, -0.15) is 9.29 Å². The lowest BCUT2D eigenvalue weighted by atomic mass is 10.2. The van der Waals surface area contributed by atoms with E-state index in [4.69, 9.17) is 0 Å². The predicted octanol–water partition coefficient (Wildman–Crippen LogP) is 3.66. The minimum absolute atomic E-state index is 0.336. The van der Waals surface area contributed by atoms with Crippen LogP contribution in [0.5, 0.6) is 0 Å². The third-order valence-corrected chi connectivity index (χ3v) is 7.26. The zero-order valence-electron chi connectivity index (χ0n) is 18.0. The summed E-state index contributed by atoms with van der Waals surface area (Å²) in [5, 5.41) is 3.33. The number of piperazine rings is 1. The van der Waals surface area contributed by atoms with Crippen LogP contribution in [0.2, 0.25) is 0 Å². The smallest absolute Gasteiger partial charge is 0.243 e. The molecule has 1 N–H and O–H groups in total. The van der Waals surface area contributed by atoms with Crippen molar-refractivity contribution in [3.63, 3.8) is 0 Å². The molecule has 2 aromatic carbocycles. The van der Waals surface area contributed by atoms with Crippen molar-refractivity contribution in [2.24, 2.45) is 0 Å². The van der Waals surface area contributed by atoms with Crippen LogP contribution in [0, 0.1) is 20.8 Å². The molecular formula is C23H27N5O2S. The molecule has 0 aliphatic carbocycles. The van der Waals surface area contributed by atoms with Crippen molar-refractivity contribution >= 4 is 27.5 Å². The molecule has 0 atom stereocenters. The third kappa shape index (κ3) is 4.86. The summed E-state index contributed by atoms with van der Waals surface area (Å²) in [7, 11) is -3.49. The first-order valence-electron chi connectivity index (χ1n) is 10.3. The normalized spacial score (nSPS) is 15.1. The Hall–Kier alpha value is -2.97. The average molecular weight is 438 g/mol. The van der Waals surface area contributed by atoms with E-state index in [1.165, 1.54) is 9.87 Å². The van der Waals surface area contributed by atoms with E-state index in [2.05, 4.69) is 22.2 Å². The van der Waals surface area contributed by atoms with Crippen molar-refractivity contribution in [1.82, 2.24) is 14.3 Å². The minimum Gasteiger partial charge on any atom is -0.340 e. The molecule has 31 heavy (non-hydrogen) atoms. The third-order valence-electron chi connectivity index (χ3n) is 5.35. The molecule has 1 saturated heterocycles. The van der Waals surface area contributed by atoms with Gasteiger partial charge in [0.15, 0.2) is 0 Å². The second-order valence-electron chi connectivity index (χ2n) is 7.89. The Morgan fingerprint density at radius 2 is 1.39 bits per heavy atom. The van der Waals surface area contributed by atoms with Gasteiger partial charge >= 0.3 is 0 Å². The number of benzene rings is 2. The first kappa shape index (κ1) is 21.3. The Labute approximate surface area is 183 Å². The Morgan fingerprint density at radius 1 is 0.806 bits per heavy atom. The molecule has 162 valence electrons. The molecule has 0 spiro atoms. The summed E-state index contributed by atoms with van der Waals surface area (Å²) in [5.74, 6) is 1.34. The molecule has 1 aliphatic heterocycles. The molecule has 7 nitrogen and oxygen atoms in total. The Morgan fingerprint density at radius 3 is 2.00 bits per heavy atom. The predicted molar refractivity (Wildman–Crippen MR) is 123 cm³/mol. The van der Waals surface area contributed by atoms with Gasteiger partial charge in [0.2, 0.25) is 16.0 Å². The highest BCUT2D eigenvalue weighted by Gasteiger charge is 2.29. The van der Waals surface area contributed by atoms with E-state index < -0.39 is 10.0 Å². The van der Waals surface area contributed by atoms with Gasteiger partial charge in [-0.25, -0.2) is 13.4 Å². The summed E-state index contributed by atoms with van der Waals surface area (Å²) in [6.07, 6.45) is 0. The maximum Gasteiger partial charge on any atom is 0.243 e. The molecule has 2 heterocycles. The van der Waals surface area contributed by atoms with E-state index in [0.717, 1.165) is 22.8 Å². The molecule has 0 bridgehead atoms. The lowest BCUT2D eigenvalue weighted by molar-refractivity contribution is 0.382. The number of aromatic nitrogens is 2. The van der Waals surface area contributed by atoms with Gasteiger partial charge in [0.05, 0.1) is 4.90 Å².